The summed E-state index contributed by atoms with van der Waals surface area (Å²) < 4.78 is 5.55. The molecule has 1 atom stereocenters. The van der Waals surface area contributed by atoms with Gasteiger partial charge in [-0.1, -0.05) is 15.9 Å². The van der Waals surface area contributed by atoms with Crippen molar-refractivity contribution in [2.45, 2.75) is 31.8 Å². The number of hydrogen-bond acceptors (Lipinski definition) is 1. The standard InChI is InChI=1S/C8H13BrO/c9-5-10-8-2-1-6-3-7(8)4-6/h6-8H,1-5H2. The molecule has 58 valence electrons. The highest BCUT2D eigenvalue weighted by molar-refractivity contribution is 9.09. The van der Waals surface area contributed by atoms with Gasteiger partial charge in [-0.2, -0.15) is 0 Å². The van der Waals surface area contributed by atoms with Crippen molar-refractivity contribution in [3.63, 3.8) is 0 Å². The molecular weight excluding hydrogens is 192 g/mol. The minimum Gasteiger partial charge on any atom is -0.367 e. The van der Waals surface area contributed by atoms with Gasteiger partial charge in [0.1, 0.15) is 5.52 Å². The molecular formula is C8H13BrO. The summed E-state index contributed by atoms with van der Waals surface area (Å²) in [7, 11) is 0. The van der Waals surface area contributed by atoms with Crippen molar-refractivity contribution in [2.24, 2.45) is 11.8 Å². The molecule has 0 aromatic rings. The van der Waals surface area contributed by atoms with E-state index in [0.717, 1.165) is 17.4 Å². The zero-order chi connectivity index (χ0) is 6.97. The number of fused-ring (bicyclic) bond motifs is 2. The maximum Gasteiger partial charge on any atom is 0.102 e. The van der Waals surface area contributed by atoms with Crippen molar-refractivity contribution in [1.29, 1.82) is 0 Å². The van der Waals surface area contributed by atoms with Gasteiger partial charge in [-0.25, -0.2) is 0 Å². The van der Waals surface area contributed by atoms with Crippen LogP contribution in [0.5, 0.6) is 0 Å². The Morgan fingerprint density at radius 2 is 2.10 bits per heavy atom. The third-order valence-electron chi connectivity index (χ3n) is 2.93. The first-order valence-corrected chi connectivity index (χ1v) is 5.20. The van der Waals surface area contributed by atoms with Crippen molar-refractivity contribution >= 4 is 15.9 Å². The molecule has 3 aliphatic rings. The highest BCUT2D eigenvalue weighted by Gasteiger charge is 2.40. The SMILES string of the molecule is BrCOC1CCC2CC1C2. The van der Waals surface area contributed by atoms with E-state index < -0.39 is 0 Å². The predicted molar refractivity (Wildman–Crippen MR) is 44.1 cm³/mol. The van der Waals surface area contributed by atoms with Crippen LogP contribution in [-0.4, -0.2) is 11.6 Å². The zero-order valence-corrected chi connectivity index (χ0v) is 7.64. The Morgan fingerprint density at radius 3 is 2.60 bits per heavy atom. The van der Waals surface area contributed by atoms with Crippen molar-refractivity contribution in [3.05, 3.63) is 0 Å². The molecule has 1 unspecified atom stereocenters. The lowest BCUT2D eigenvalue weighted by atomic mass is 9.64. The van der Waals surface area contributed by atoms with Gasteiger partial charge in [0.05, 0.1) is 6.10 Å². The summed E-state index contributed by atoms with van der Waals surface area (Å²) in [5.74, 6) is 1.98. The van der Waals surface area contributed by atoms with Gasteiger partial charge in [0.25, 0.3) is 0 Å². The summed E-state index contributed by atoms with van der Waals surface area (Å²) >= 11 is 3.31. The second-order valence-electron chi connectivity index (χ2n) is 3.49. The van der Waals surface area contributed by atoms with E-state index in [1.807, 2.05) is 0 Å². The lowest BCUT2D eigenvalue weighted by Gasteiger charge is -2.46. The zero-order valence-electron chi connectivity index (χ0n) is 6.05. The average Bonchev–Trinajstić information content (AvgIpc) is 1.87. The minimum absolute atomic E-state index is 0.587. The lowest BCUT2D eigenvalue weighted by Crippen LogP contribution is -2.40. The Kier molecular flexibility index (Phi) is 2.01. The molecule has 0 spiro atoms. The molecule has 3 aliphatic carbocycles. The van der Waals surface area contributed by atoms with Crippen LogP contribution in [0.15, 0.2) is 0 Å². The molecule has 2 heteroatoms. The number of ether oxygens (including phenoxy) is 1. The van der Waals surface area contributed by atoms with Crippen LogP contribution in [-0.2, 0) is 4.74 Å². The van der Waals surface area contributed by atoms with E-state index in [-0.39, 0.29) is 0 Å². The molecule has 0 aliphatic heterocycles. The van der Waals surface area contributed by atoms with Crippen molar-refractivity contribution < 1.29 is 4.74 Å². The number of halogens is 1. The van der Waals surface area contributed by atoms with E-state index >= 15 is 0 Å². The van der Waals surface area contributed by atoms with Crippen molar-refractivity contribution in [3.8, 4) is 0 Å². The first kappa shape index (κ1) is 7.11. The second-order valence-corrected chi connectivity index (χ2v) is 3.95. The van der Waals surface area contributed by atoms with Gasteiger partial charge in [0.2, 0.25) is 0 Å². The van der Waals surface area contributed by atoms with Crippen LogP contribution in [0.3, 0.4) is 0 Å². The molecule has 2 bridgehead atoms. The molecule has 0 N–H and O–H groups in total. The van der Waals surface area contributed by atoms with E-state index in [4.69, 9.17) is 4.74 Å². The fourth-order valence-electron chi connectivity index (χ4n) is 2.26. The maximum absolute atomic E-state index is 5.55. The monoisotopic (exact) mass is 204 g/mol. The minimum atomic E-state index is 0.587. The number of alkyl halides is 1. The fraction of sp³-hybridized carbons (Fsp3) is 1.00. The fourth-order valence-corrected chi connectivity index (χ4v) is 2.60. The van der Waals surface area contributed by atoms with Gasteiger partial charge in [-0.15, -0.1) is 0 Å². The van der Waals surface area contributed by atoms with Gasteiger partial charge < -0.3 is 4.74 Å². The van der Waals surface area contributed by atoms with Crippen LogP contribution in [0.4, 0.5) is 0 Å². The Bertz CT molecular complexity index is 116. The van der Waals surface area contributed by atoms with Gasteiger partial charge in [0, 0.05) is 0 Å². The van der Waals surface area contributed by atoms with Gasteiger partial charge in [-0.05, 0) is 37.5 Å². The first-order valence-electron chi connectivity index (χ1n) is 4.07. The molecule has 0 heterocycles. The molecule has 3 saturated carbocycles. The molecule has 0 aromatic heterocycles. The molecule has 1 nitrogen and oxygen atoms in total. The Morgan fingerprint density at radius 1 is 1.30 bits per heavy atom. The molecule has 3 fully saturated rings. The topological polar surface area (TPSA) is 9.23 Å². The summed E-state index contributed by atoms with van der Waals surface area (Å²) in [5.41, 5.74) is 0.721. The second kappa shape index (κ2) is 2.82. The third kappa shape index (κ3) is 1.12. The van der Waals surface area contributed by atoms with E-state index in [1.54, 1.807) is 0 Å². The Labute approximate surface area is 70.3 Å². The van der Waals surface area contributed by atoms with Gasteiger partial charge in [0.15, 0.2) is 0 Å². The summed E-state index contributed by atoms with van der Waals surface area (Å²) in [5, 5.41) is 0. The average molecular weight is 205 g/mol. The summed E-state index contributed by atoms with van der Waals surface area (Å²) in [6.07, 6.45) is 6.19. The van der Waals surface area contributed by atoms with Crippen LogP contribution in [0, 0.1) is 11.8 Å². The largest absolute Gasteiger partial charge is 0.367 e. The molecule has 0 saturated heterocycles. The first-order chi connectivity index (χ1) is 4.90. The van der Waals surface area contributed by atoms with Crippen LogP contribution in [0.25, 0.3) is 0 Å². The van der Waals surface area contributed by atoms with Crippen LogP contribution in [0.1, 0.15) is 25.7 Å². The van der Waals surface area contributed by atoms with E-state index in [2.05, 4.69) is 15.9 Å². The molecule has 10 heavy (non-hydrogen) atoms. The lowest BCUT2D eigenvalue weighted by molar-refractivity contribution is -0.0577. The highest BCUT2D eigenvalue weighted by atomic mass is 79.9. The molecule has 3 rings (SSSR count). The highest BCUT2D eigenvalue weighted by Crippen LogP contribution is 2.46. The maximum atomic E-state index is 5.55. The molecule has 0 amide bonds. The molecule has 0 radical (unpaired) electrons. The number of rotatable bonds is 2. The van der Waals surface area contributed by atoms with E-state index in [0.29, 0.717) is 6.10 Å². The predicted octanol–water partition coefficient (Wildman–Crippen LogP) is 2.54. The van der Waals surface area contributed by atoms with Crippen molar-refractivity contribution in [2.75, 3.05) is 5.52 Å². The van der Waals surface area contributed by atoms with E-state index in [1.165, 1.54) is 25.7 Å². The quantitative estimate of drug-likeness (QED) is 0.629. The van der Waals surface area contributed by atoms with Crippen LogP contribution < -0.4 is 0 Å². The van der Waals surface area contributed by atoms with Gasteiger partial charge in [-0.3, -0.25) is 0 Å². The Balaban J connectivity index is 1.84. The number of hydrogen-bond donors (Lipinski definition) is 0. The van der Waals surface area contributed by atoms with Crippen LogP contribution in [0.2, 0.25) is 0 Å². The van der Waals surface area contributed by atoms with Crippen molar-refractivity contribution in [1.82, 2.24) is 0 Å². The normalized spacial score (nSPS) is 44.7. The summed E-state index contributed by atoms with van der Waals surface area (Å²) in [6.45, 7) is 0. The molecule has 0 aromatic carbocycles. The third-order valence-corrected chi connectivity index (χ3v) is 3.20. The summed E-state index contributed by atoms with van der Waals surface area (Å²) in [4.78, 5) is 0. The Hall–Kier alpha value is 0.440. The van der Waals surface area contributed by atoms with E-state index in [9.17, 15) is 0 Å². The van der Waals surface area contributed by atoms with Gasteiger partial charge >= 0.3 is 0 Å². The van der Waals surface area contributed by atoms with Crippen LogP contribution >= 0.6 is 15.9 Å². The summed E-state index contributed by atoms with van der Waals surface area (Å²) in [6, 6.07) is 0. The smallest absolute Gasteiger partial charge is 0.102 e.